The number of carbonyl (C=O) groups is 1. The van der Waals surface area contributed by atoms with Gasteiger partial charge in [0, 0.05) is 10.9 Å². The van der Waals surface area contributed by atoms with Gasteiger partial charge in [0.15, 0.2) is 10.8 Å². The van der Waals surface area contributed by atoms with Crippen LogP contribution in [0.5, 0.6) is 0 Å². The molecular formula is C14H22N2O2S. The van der Waals surface area contributed by atoms with Crippen LogP contribution in [0.25, 0.3) is 0 Å². The van der Waals surface area contributed by atoms with E-state index in [-0.39, 0.29) is 5.97 Å². The van der Waals surface area contributed by atoms with E-state index in [1.54, 1.807) is 0 Å². The Hall–Kier alpha value is -1.10. The summed E-state index contributed by atoms with van der Waals surface area (Å²) in [6.07, 6.45) is 3.66. The third kappa shape index (κ3) is 3.47. The van der Waals surface area contributed by atoms with Crippen LogP contribution in [0, 0.1) is 18.8 Å². The number of hydrogen-bond acceptors (Lipinski definition) is 5. The molecule has 1 aliphatic carbocycles. The molecule has 0 aliphatic heterocycles. The highest BCUT2D eigenvalue weighted by Gasteiger charge is 2.25. The molecule has 2 unspecified atom stereocenters. The number of methoxy groups -OCH3 is 1. The standard InChI is InChI=1S/C14H22N2O2S/c1-8-5-9(2)7-11(6-8)15-14-16-12(10(3)19-14)13(17)18-4/h8-9,11H,5-7H2,1-4H3,(H,15,16). The Kier molecular flexibility index (Phi) is 4.45. The van der Waals surface area contributed by atoms with Crippen molar-refractivity contribution in [3.63, 3.8) is 0 Å². The number of rotatable bonds is 3. The number of thiazole rings is 1. The molecule has 0 bridgehead atoms. The first-order chi connectivity index (χ1) is 8.99. The summed E-state index contributed by atoms with van der Waals surface area (Å²) in [5.41, 5.74) is 0.437. The molecule has 2 rings (SSSR count). The summed E-state index contributed by atoms with van der Waals surface area (Å²) in [5.74, 6) is 1.15. The Balaban J connectivity index is 2.05. The summed E-state index contributed by atoms with van der Waals surface area (Å²) in [4.78, 5) is 16.8. The highest BCUT2D eigenvalue weighted by molar-refractivity contribution is 7.15. The lowest BCUT2D eigenvalue weighted by Crippen LogP contribution is -2.30. The Morgan fingerprint density at radius 3 is 2.53 bits per heavy atom. The molecule has 1 aromatic rings. The van der Waals surface area contributed by atoms with E-state index in [0.717, 1.165) is 21.8 Å². The van der Waals surface area contributed by atoms with Crippen LogP contribution in [0.2, 0.25) is 0 Å². The second-order valence-corrected chi connectivity index (χ2v) is 6.88. The summed E-state index contributed by atoms with van der Waals surface area (Å²) in [5, 5.41) is 4.32. The molecule has 0 saturated heterocycles. The Morgan fingerprint density at radius 1 is 1.32 bits per heavy atom. The van der Waals surface area contributed by atoms with Crippen LogP contribution in [0.4, 0.5) is 5.13 Å². The highest BCUT2D eigenvalue weighted by Crippen LogP contribution is 2.32. The van der Waals surface area contributed by atoms with E-state index in [0.29, 0.717) is 11.7 Å². The number of esters is 1. The largest absolute Gasteiger partial charge is 0.464 e. The fourth-order valence-electron chi connectivity index (χ4n) is 2.98. The van der Waals surface area contributed by atoms with Crippen molar-refractivity contribution in [3.8, 4) is 0 Å². The molecule has 5 heteroatoms. The fraction of sp³-hybridized carbons (Fsp3) is 0.714. The normalized spacial score (nSPS) is 27.1. The Morgan fingerprint density at radius 2 is 1.95 bits per heavy atom. The number of nitrogens with one attached hydrogen (secondary N) is 1. The predicted molar refractivity (Wildman–Crippen MR) is 77.8 cm³/mol. The average molecular weight is 282 g/mol. The van der Waals surface area contributed by atoms with Gasteiger partial charge in [-0.2, -0.15) is 0 Å². The van der Waals surface area contributed by atoms with Crippen molar-refractivity contribution < 1.29 is 9.53 Å². The molecule has 106 valence electrons. The predicted octanol–water partition coefficient (Wildman–Crippen LogP) is 3.47. The first-order valence-corrected chi connectivity index (χ1v) is 7.63. The summed E-state index contributed by atoms with van der Waals surface area (Å²) in [7, 11) is 1.39. The van der Waals surface area contributed by atoms with E-state index in [1.165, 1.54) is 37.7 Å². The summed E-state index contributed by atoms with van der Waals surface area (Å²) in [6.45, 7) is 6.51. The number of hydrogen-bond donors (Lipinski definition) is 1. The Labute approximate surface area is 118 Å². The van der Waals surface area contributed by atoms with Crippen LogP contribution in [0.15, 0.2) is 0 Å². The smallest absolute Gasteiger partial charge is 0.357 e. The third-order valence-electron chi connectivity index (χ3n) is 3.68. The lowest BCUT2D eigenvalue weighted by molar-refractivity contribution is 0.0594. The van der Waals surface area contributed by atoms with Gasteiger partial charge in [-0.25, -0.2) is 9.78 Å². The van der Waals surface area contributed by atoms with Gasteiger partial charge in [-0.3, -0.25) is 0 Å². The molecule has 2 atom stereocenters. The molecule has 0 radical (unpaired) electrons. The molecule has 0 amide bonds. The van der Waals surface area contributed by atoms with Crippen LogP contribution in [0.3, 0.4) is 0 Å². The van der Waals surface area contributed by atoms with Crippen molar-refractivity contribution in [2.75, 3.05) is 12.4 Å². The van der Waals surface area contributed by atoms with Crippen LogP contribution < -0.4 is 5.32 Å². The minimum Gasteiger partial charge on any atom is -0.464 e. The van der Waals surface area contributed by atoms with Crippen molar-refractivity contribution in [1.29, 1.82) is 0 Å². The maximum absolute atomic E-state index is 11.5. The van der Waals surface area contributed by atoms with Gasteiger partial charge in [0.25, 0.3) is 0 Å². The van der Waals surface area contributed by atoms with Crippen molar-refractivity contribution >= 4 is 22.4 Å². The zero-order chi connectivity index (χ0) is 14.0. The van der Waals surface area contributed by atoms with Gasteiger partial charge in [-0.1, -0.05) is 13.8 Å². The summed E-state index contributed by atoms with van der Waals surface area (Å²) in [6, 6.07) is 0.467. The zero-order valence-corrected chi connectivity index (χ0v) is 12.8. The Bertz CT molecular complexity index is 448. The molecule has 1 heterocycles. The first-order valence-electron chi connectivity index (χ1n) is 6.81. The third-order valence-corrected chi connectivity index (χ3v) is 4.58. The van der Waals surface area contributed by atoms with Gasteiger partial charge in [0.05, 0.1) is 7.11 Å². The number of aromatic nitrogens is 1. The second kappa shape index (κ2) is 5.90. The van der Waals surface area contributed by atoms with E-state index in [1.807, 2.05) is 6.92 Å². The maximum atomic E-state index is 11.5. The van der Waals surface area contributed by atoms with E-state index < -0.39 is 0 Å². The van der Waals surface area contributed by atoms with Crippen molar-refractivity contribution in [1.82, 2.24) is 4.98 Å². The molecule has 0 aromatic carbocycles. The topological polar surface area (TPSA) is 51.2 Å². The lowest BCUT2D eigenvalue weighted by Gasteiger charge is -2.31. The molecule has 1 aromatic heterocycles. The fourth-order valence-corrected chi connectivity index (χ4v) is 3.86. The molecule has 4 nitrogen and oxygen atoms in total. The van der Waals surface area contributed by atoms with E-state index in [2.05, 4.69) is 24.1 Å². The molecule has 19 heavy (non-hydrogen) atoms. The molecule has 1 N–H and O–H groups in total. The quantitative estimate of drug-likeness (QED) is 0.862. The molecule has 0 spiro atoms. The monoisotopic (exact) mass is 282 g/mol. The number of ether oxygens (including phenoxy) is 1. The van der Waals surface area contributed by atoms with E-state index >= 15 is 0 Å². The number of carbonyl (C=O) groups excluding carboxylic acids is 1. The van der Waals surface area contributed by atoms with Crippen LogP contribution >= 0.6 is 11.3 Å². The number of nitrogens with zero attached hydrogens (tertiary/aromatic N) is 1. The van der Waals surface area contributed by atoms with Gasteiger partial charge in [0.1, 0.15) is 0 Å². The summed E-state index contributed by atoms with van der Waals surface area (Å²) < 4.78 is 4.73. The van der Waals surface area contributed by atoms with Gasteiger partial charge >= 0.3 is 5.97 Å². The van der Waals surface area contributed by atoms with Gasteiger partial charge in [0.2, 0.25) is 0 Å². The van der Waals surface area contributed by atoms with Gasteiger partial charge in [-0.15, -0.1) is 11.3 Å². The van der Waals surface area contributed by atoms with Crippen molar-refractivity contribution in [2.24, 2.45) is 11.8 Å². The van der Waals surface area contributed by atoms with Crippen LogP contribution in [-0.4, -0.2) is 24.1 Å². The van der Waals surface area contributed by atoms with Crippen molar-refractivity contribution in [3.05, 3.63) is 10.6 Å². The molecule has 1 aliphatic rings. The van der Waals surface area contributed by atoms with Crippen molar-refractivity contribution in [2.45, 2.75) is 46.1 Å². The van der Waals surface area contributed by atoms with Gasteiger partial charge < -0.3 is 10.1 Å². The second-order valence-electron chi connectivity index (χ2n) is 5.67. The maximum Gasteiger partial charge on any atom is 0.357 e. The van der Waals surface area contributed by atoms with Crippen LogP contribution in [-0.2, 0) is 4.74 Å². The molecule has 1 fully saturated rings. The minimum absolute atomic E-state index is 0.354. The SMILES string of the molecule is COC(=O)c1nc(NC2CC(C)CC(C)C2)sc1C. The van der Waals surface area contributed by atoms with Gasteiger partial charge in [-0.05, 0) is 38.0 Å². The lowest BCUT2D eigenvalue weighted by atomic mass is 9.80. The number of aryl methyl sites for hydroxylation is 1. The highest BCUT2D eigenvalue weighted by atomic mass is 32.1. The number of anilines is 1. The molecular weight excluding hydrogens is 260 g/mol. The average Bonchev–Trinajstić information content (AvgIpc) is 2.68. The zero-order valence-electron chi connectivity index (χ0n) is 12.0. The minimum atomic E-state index is -0.354. The first kappa shape index (κ1) is 14.3. The van der Waals surface area contributed by atoms with E-state index in [4.69, 9.17) is 4.74 Å². The van der Waals surface area contributed by atoms with E-state index in [9.17, 15) is 4.79 Å². The van der Waals surface area contributed by atoms with Crippen LogP contribution in [0.1, 0.15) is 48.5 Å². The summed E-state index contributed by atoms with van der Waals surface area (Å²) >= 11 is 1.53. The molecule has 1 saturated carbocycles.